The van der Waals surface area contributed by atoms with Crippen LogP contribution in [0.4, 0.5) is 0 Å². The fraction of sp³-hybridized carbons (Fsp3) is 0.366. The van der Waals surface area contributed by atoms with Crippen molar-refractivity contribution >= 4 is 5.97 Å². The summed E-state index contributed by atoms with van der Waals surface area (Å²) in [6, 6.07) is 65.4. The average Bonchev–Trinajstić information content (AvgIpc) is 1.76. The third-order valence-electron chi connectivity index (χ3n) is 15.4. The van der Waals surface area contributed by atoms with Gasteiger partial charge in [-0.15, -0.1) is 6.58 Å². The van der Waals surface area contributed by atoms with Gasteiger partial charge < -0.3 is 71.4 Å². The largest absolute Gasteiger partial charge is 0.497 e. The summed E-state index contributed by atoms with van der Waals surface area (Å²) in [5.41, 5.74) is 5.97. The van der Waals surface area contributed by atoms with Crippen molar-refractivity contribution in [2.45, 2.75) is 152 Å². The summed E-state index contributed by atoms with van der Waals surface area (Å²) in [6.45, 7) is 8.33. The maximum Gasteiger partial charge on any atom is 0.338 e. The number of benzene rings is 7. The predicted octanol–water partition coefficient (Wildman–Crippen LogP) is 10.8. The summed E-state index contributed by atoms with van der Waals surface area (Å²) in [5.74, 6) is -0.0846. The molecule has 3 fully saturated rings. The number of hydrogen-bond donors (Lipinski definition) is 1. The lowest BCUT2D eigenvalue weighted by atomic mass is 9.95. The molecule has 0 radical (unpaired) electrons. The molecule has 0 aromatic heterocycles. The fourth-order valence-corrected chi connectivity index (χ4v) is 10.8. The topological polar surface area (TPSA) is 167 Å². The first-order valence-electron chi connectivity index (χ1n) is 29.6. The Morgan fingerprint density at radius 2 is 0.759 bits per heavy atom. The molecular weight excluding hydrogens is 1110 g/mol. The van der Waals surface area contributed by atoms with Crippen molar-refractivity contribution in [3.8, 4) is 5.75 Å². The van der Waals surface area contributed by atoms with E-state index in [1.807, 2.05) is 220 Å². The molecule has 1 N–H and O–H groups in total. The molecule has 0 aliphatic carbocycles. The number of methoxy groups -OCH3 is 1. The minimum absolute atomic E-state index is 0.0354. The van der Waals surface area contributed by atoms with Gasteiger partial charge in [-0.3, -0.25) is 0 Å². The number of carbonyl (C=O) groups is 1. The van der Waals surface area contributed by atoms with E-state index in [2.05, 4.69) is 6.58 Å². The van der Waals surface area contributed by atoms with Gasteiger partial charge >= 0.3 is 5.97 Å². The molecule has 16 nitrogen and oxygen atoms in total. The normalized spacial score (nSPS) is 27.2. The Hall–Kier alpha value is -6.97. The van der Waals surface area contributed by atoms with Gasteiger partial charge in [0.25, 0.3) is 0 Å². The van der Waals surface area contributed by atoms with E-state index in [1.54, 1.807) is 13.2 Å². The lowest BCUT2D eigenvalue weighted by Crippen LogP contribution is -2.67. The molecule has 0 unspecified atom stereocenters. The fourth-order valence-electron chi connectivity index (χ4n) is 10.8. The van der Waals surface area contributed by atoms with Crippen LogP contribution in [0.5, 0.6) is 5.75 Å². The Kier molecular flexibility index (Phi) is 23.4. The Morgan fingerprint density at radius 1 is 0.402 bits per heavy atom. The number of aliphatic hydroxyl groups is 1. The van der Waals surface area contributed by atoms with Crippen LogP contribution in [-0.4, -0.2) is 117 Å². The minimum atomic E-state index is -1.54. The Bertz CT molecular complexity index is 3090. The van der Waals surface area contributed by atoms with Crippen LogP contribution in [-0.2, 0) is 113 Å². The predicted molar refractivity (Wildman–Crippen MR) is 322 cm³/mol. The van der Waals surface area contributed by atoms with Gasteiger partial charge in [0.1, 0.15) is 67.3 Å². The van der Waals surface area contributed by atoms with Crippen molar-refractivity contribution in [2.24, 2.45) is 0 Å². The summed E-state index contributed by atoms with van der Waals surface area (Å²) in [5, 5.41) is 12.9. The van der Waals surface area contributed by atoms with Gasteiger partial charge in [-0.2, -0.15) is 0 Å². The molecule has 10 rings (SSSR count). The van der Waals surface area contributed by atoms with Gasteiger partial charge in [-0.05, 0) is 64.9 Å². The number of esters is 1. The standard InChI is InChI=1S/C71H78O16/c1-5-40-75-70-66(81-45-54-32-20-10-21-33-54)63(80-44-53-30-18-9-19-31-53)64(65(86-70)68(73)82-47-55-34-22-11-23-35-55)85-71-67(62(79-43-52-28-16-8-17-29-52)60(49(3)84-71)77-42-51-26-14-7-15-27-51)87-69-58(72)61(78-46-56-36-38-57(74-4)39-37-56)59(48(2)83-69)76-41-50-24-12-6-13-25-50/h5-39,48-49,58-67,69-72H,1,40-47H2,2-4H3/t48-,49-,58+,59-,60-,61-,62+,63+,64+,65-,66+,67+,69-,70+,71-/m0/s1. The highest BCUT2D eigenvalue weighted by Crippen LogP contribution is 2.39. The van der Waals surface area contributed by atoms with Crippen LogP contribution in [0.1, 0.15) is 52.8 Å². The number of hydrogen-bond acceptors (Lipinski definition) is 16. The Morgan fingerprint density at radius 3 is 1.20 bits per heavy atom. The summed E-state index contributed by atoms with van der Waals surface area (Å²) < 4.78 is 94.4. The monoisotopic (exact) mass is 1190 g/mol. The first kappa shape index (κ1) is 63.1. The second kappa shape index (κ2) is 32.3. The molecule has 3 heterocycles. The SMILES string of the molecule is C=CCO[C@@H]1O[C@H](C(=O)OCc2ccccc2)[C@H](O[C@@H]2O[C@@H](C)[C@H](OCc3ccccc3)[C@@H](OCc3ccccc3)[C@H]2O[C@@H]2O[C@@H](C)[C@H](OCc3ccccc3)[C@@H](OCc3ccc(OC)cc3)[C@H]2O)[C@@H](OCc2ccccc2)[C@H]1OCc1ccccc1. The zero-order valence-electron chi connectivity index (χ0n) is 49.3. The van der Waals surface area contributed by atoms with E-state index in [4.69, 9.17) is 66.3 Å². The van der Waals surface area contributed by atoms with Gasteiger partial charge in [0, 0.05) is 0 Å². The molecule has 87 heavy (non-hydrogen) atoms. The zero-order chi connectivity index (χ0) is 60.2. The van der Waals surface area contributed by atoms with E-state index >= 15 is 4.79 Å². The van der Waals surface area contributed by atoms with Crippen LogP contribution in [0, 0.1) is 0 Å². The van der Waals surface area contributed by atoms with Crippen molar-refractivity contribution < 1.29 is 76.2 Å². The minimum Gasteiger partial charge on any atom is -0.497 e. The lowest BCUT2D eigenvalue weighted by Gasteiger charge is -2.51. The van der Waals surface area contributed by atoms with Gasteiger partial charge in [0.15, 0.2) is 25.0 Å². The molecule has 0 amide bonds. The van der Waals surface area contributed by atoms with Crippen molar-refractivity contribution in [3.63, 3.8) is 0 Å². The molecule has 0 saturated carbocycles. The number of ether oxygens (including phenoxy) is 14. The van der Waals surface area contributed by atoms with Crippen molar-refractivity contribution in [2.75, 3.05) is 13.7 Å². The van der Waals surface area contributed by atoms with Crippen LogP contribution < -0.4 is 4.74 Å². The molecule has 3 aliphatic heterocycles. The van der Waals surface area contributed by atoms with Crippen molar-refractivity contribution in [1.29, 1.82) is 0 Å². The van der Waals surface area contributed by atoms with E-state index < -0.39 is 98.1 Å². The Labute approximate surface area is 509 Å². The molecule has 3 saturated heterocycles. The average molecular weight is 1190 g/mol. The molecule has 3 aliphatic rings. The zero-order valence-corrected chi connectivity index (χ0v) is 49.3. The van der Waals surface area contributed by atoms with Crippen LogP contribution in [0.3, 0.4) is 0 Å². The summed E-state index contributed by atoms with van der Waals surface area (Å²) in [4.78, 5) is 15.1. The van der Waals surface area contributed by atoms with Gasteiger partial charge in [0.2, 0.25) is 0 Å². The van der Waals surface area contributed by atoms with Gasteiger partial charge in [-0.1, -0.05) is 200 Å². The smallest absolute Gasteiger partial charge is 0.338 e. The van der Waals surface area contributed by atoms with Crippen LogP contribution in [0.2, 0.25) is 0 Å². The van der Waals surface area contributed by atoms with Gasteiger partial charge in [0.05, 0.1) is 65.6 Å². The molecule has 0 spiro atoms. The van der Waals surface area contributed by atoms with E-state index in [0.717, 1.165) is 38.9 Å². The number of aliphatic hydroxyl groups excluding tert-OH is 1. The highest BCUT2D eigenvalue weighted by molar-refractivity contribution is 5.76. The second-order valence-electron chi connectivity index (χ2n) is 21.7. The third-order valence-corrected chi connectivity index (χ3v) is 15.4. The summed E-state index contributed by atoms with van der Waals surface area (Å²) in [6.07, 6.45) is -15.6. The van der Waals surface area contributed by atoms with E-state index in [9.17, 15) is 5.11 Å². The maximum atomic E-state index is 15.1. The van der Waals surface area contributed by atoms with Crippen molar-refractivity contribution in [1.82, 2.24) is 0 Å². The first-order chi connectivity index (χ1) is 42.7. The van der Waals surface area contributed by atoms with Gasteiger partial charge in [-0.25, -0.2) is 4.79 Å². The van der Waals surface area contributed by atoms with Crippen LogP contribution >= 0.6 is 0 Å². The summed E-state index contributed by atoms with van der Waals surface area (Å²) >= 11 is 0. The van der Waals surface area contributed by atoms with E-state index in [1.165, 1.54) is 0 Å². The molecule has 0 bridgehead atoms. The molecule has 16 heteroatoms. The summed E-state index contributed by atoms with van der Waals surface area (Å²) in [7, 11) is 1.61. The van der Waals surface area contributed by atoms with E-state index in [-0.39, 0.29) is 52.9 Å². The second-order valence-corrected chi connectivity index (χ2v) is 21.7. The van der Waals surface area contributed by atoms with Crippen LogP contribution in [0.15, 0.2) is 219 Å². The van der Waals surface area contributed by atoms with E-state index in [0.29, 0.717) is 5.75 Å². The van der Waals surface area contributed by atoms with Crippen molar-refractivity contribution in [3.05, 3.63) is 258 Å². The quantitative estimate of drug-likeness (QED) is 0.0347. The third kappa shape index (κ3) is 17.4. The van der Waals surface area contributed by atoms with Crippen LogP contribution in [0.25, 0.3) is 0 Å². The molecule has 7 aromatic rings. The Balaban J connectivity index is 1.05. The highest BCUT2D eigenvalue weighted by atomic mass is 16.8. The molecule has 458 valence electrons. The maximum absolute atomic E-state index is 15.1. The number of rotatable bonds is 29. The molecule has 15 atom stereocenters. The highest BCUT2D eigenvalue weighted by Gasteiger charge is 2.57. The molecule has 7 aromatic carbocycles. The first-order valence-corrected chi connectivity index (χ1v) is 29.6. The number of carbonyl (C=O) groups excluding carboxylic acids is 1. The lowest BCUT2D eigenvalue weighted by molar-refractivity contribution is -0.393. The molecular formula is C71H78O16.